The molecule has 4 rings (SSSR count). The number of rotatable bonds is 2. The molecule has 1 N–H and O–H groups in total. The molecule has 20 heavy (non-hydrogen) atoms. The third-order valence-corrected chi connectivity index (χ3v) is 4.06. The molecule has 5 nitrogen and oxygen atoms in total. The van der Waals surface area contributed by atoms with Crippen LogP contribution in [0.4, 0.5) is 5.95 Å². The topological polar surface area (TPSA) is 49.7 Å². The summed E-state index contributed by atoms with van der Waals surface area (Å²) in [6, 6.07) is 8.17. The van der Waals surface area contributed by atoms with E-state index in [9.17, 15) is 0 Å². The zero-order chi connectivity index (χ0) is 13.5. The number of aromatic amines is 1. The zero-order valence-corrected chi connectivity index (χ0v) is 11.5. The van der Waals surface area contributed by atoms with Gasteiger partial charge in [0.05, 0.1) is 17.2 Å². The van der Waals surface area contributed by atoms with Crippen LogP contribution in [0.5, 0.6) is 0 Å². The standard InChI is InChI=1S/C15H17N5/c1-19-9-12(8-16-19)11-6-7-20(10-11)15-17-13-4-2-3-5-14(13)18-15/h2-5,8-9,11H,6-7,10H2,1H3,(H,17,18). The maximum Gasteiger partial charge on any atom is 0.203 e. The number of para-hydroxylation sites is 2. The van der Waals surface area contributed by atoms with E-state index in [1.807, 2.05) is 36.1 Å². The first-order chi connectivity index (χ1) is 9.79. The first-order valence-electron chi connectivity index (χ1n) is 6.98. The average molecular weight is 267 g/mol. The van der Waals surface area contributed by atoms with Crippen molar-refractivity contribution < 1.29 is 0 Å². The molecule has 102 valence electrons. The molecule has 0 bridgehead atoms. The van der Waals surface area contributed by atoms with Gasteiger partial charge in [-0.1, -0.05) is 12.1 Å². The Bertz CT molecular complexity index is 708. The third kappa shape index (κ3) is 1.86. The van der Waals surface area contributed by atoms with Crippen molar-refractivity contribution in [2.75, 3.05) is 18.0 Å². The average Bonchev–Trinajstić information content (AvgIpc) is 3.16. The lowest BCUT2D eigenvalue weighted by atomic mass is 10.0. The van der Waals surface area contributed by atoms with Crippen LogP contribution in [0.3, 0.4) is 0 Å². The number of H-pyrrole nitrogens is 1. The number of aromatic nitrogens is 4. The summed E-state index contributed by atoms with van der Waals surface area (Å²) in [5.41, 5.74) is 3.46. The molecule has 1 aliphatic heterocycles. The van der Waals surface area contributed by atoms with Crippen LogP contribution < -0.4 is 4.90 Å². The summed E-state index contributed by atoms with van der Waals surface area (Å²) in [5.74, 6) is 1.54. The Balaban J connectivity index is 1.58. The van der Waals surface area contributed by atoms with Gasteiger partial charge >= 0.3 is 0 Å². The molecule has 1 atom stereocenters. The van der Waals surface area contributed by atoms with Crippen molar-refractivity contribution in [3.63, 3.8) is 0 Å². The van der Waals surface area contributed by atoms with E-state index in [4.69, 9.17) is 0 Å². The van der Waals surface area contributed by atoms with Crippen LogP contribution in [0, 0.1) is 0 Å². The molecule has 2 aromatic heterocycles. The van der Waals surface area contributed by atoms with Crippen LogP contribution >= 0.6 is 0 Å². The van der Waals surface area contributed by atoms with Gasteiger partial charge in [0.2, 0.25) is 5.95 Å². The molecule has 3 heterocycles. The SMILES string of the molecule is Cn1cc(C2CCN(c3nc4ccccc4[nH]3)C2)cn1. The molecule has 1 unspecified atom stereocenters. The lowest BCUT2D eigenvalue weighted by molar-refractivity contribution is 0.754. The van der Waals surface area contributed by atoms with Crippen LogP contribution in [0.1, 0.15) is 17.9 Å². The molecule has 0 amide bonds. The second-order valence-corrected chi connectivity index (χ2v) is 5.46. The Morgan fingerprint density at radius 2 is 2.20 bits per heavy atom. The van der Waals surface area contributed by atoms with Crippen LogP contribution in [0.2, 0.25) is 0 Å². The van der Waals surface area contributed by atoms with Gasteiger partial charge < -0.3 is 9.88 Å². The van der Waals surface area contributed by atoms with Crippen molar-refractivity contribution in [1.82, 2.24) is 19.7 Å². The molecule has 1 aromatic carbocycles. The van der Waals surface area contributed by atoms with Gasteiger partial charge in [0.25, 0.3) is 0 Å². The predicted octanol–water partition coefficient (Wildman–Crippen LogP) is 2.29. The molecule has 5 heteroatoms. The highest BCUT2D eigenvalue weighted by Crippen LogP contribution is 2.30. The van der Waals surface area contributed by atoms with E-state index in [1.54, 1.807) is 0 Å². The molecule has 1 aliphatic rings. The van der Waals surface area contributed by atoms with Crippen LogP contribution in [0.15, 0.2) is 36.7 Å². The third-order valence-electron chi connectivity index (χ3n) is 4.06. The van der Waals surface area contributed by atoms with Crippen molar-refractivity contribution in [3.8, 4) is 0 Å². The van der Waals surface area contributed by atoms with Gasteiger partial charge in [-0.3, -0.25) is 4.68 Å². The number of nitrogens with zero attached hydrogens (tertiary/aromatic N) is 4. The van der Waals surface area contributed by atoms with Crippen molar-refractivity contribution >= 4 is 17.0 Å². The Morgan fingerprint density at radius 3 is 3.00 bits per heavy atom. The molecule has 0 aliphatic carbocycles. The fraction of sp³-hybridized carbons (Fsp3) is 0.333. The summed E-state index contributed by atoms with van der Waals surface area (Å²) in [5, 5.41) is 4.27. The van der Waals surface area contributed by atoms with Gasteiger partial charge in [0.15, 0.2) is 0 Å². The van der Waals surface area contributed by atoms with Crippen molar-refractivity contribution in [2.24, 2.45) is 7.05 Å². The van der Waals surface area contributed by atoms with Gasteiger partial charge in [0.1, 0.15) is 0 Å². The molecule has 0 spiro atoms. The highest BCUT2D eigenvalue weighted by atomic mass is 15.3. The molecule has 0 saturated carbocycles. The molecular weight excluding hydrogens is 250 g/mol. The first kappa shape index (κ1) is 11.5. The number of benzene rings is 1. The second-order valence-electron chi connectivity index (χ2n) is 5.46. The summed E-state index contributed by atoms with van der Waals surface area (Å²) < 4.78 is 1.87. The van der Waals surface area contributed by atoms with Gasteiger partial charge in [-0.05, 0) is 24.1 Å². The second kappa shape index (κ2) is 4.37. The first-order valence-corrected chi connectivity index (χ1v) is 6.98. The van der Waals surface area contributed by atoms with Crippen molar-refractivity contribution in [3.05, 3.63) is 42.2 Å². The Morgan fingerprint density at radius 1 is 1.30 bits per heavy atom. The summed E-state index contributed by atoms with van der Waals surface area (Å²) in [7, 11) is 1.97. The molecular formula is C15H17N5. The van der Waals surface area contributed by atoms with E-state index < -0.39 is 0 Å². The van der Waals surface area contributed by atoms with Crippen LogP contribution in [-0.2, 0) is 7.05 Å². The molecule has 0 radical (unpaired) electrons. The summed E-state index contributed by atoms with van der Waals surface area (Å²) in [6.45, 7) is 2.05. The van der Waals surface area contributed by atoms with E-state index in [0.29, 0.717) is 5.92 Å². The normalized spacial score (nSPS) is 19.1. The van der Waals surface area contributed by atoms with Crippen LogP contribution in [-0.4, -0.2) is 32.8 Å². The fourth-order valence-corrected chi connectivity index (χ4v) is 2.96. The van der Waals surface area contributed by atoms with Gasteiger partial charge in [-0.15, -0.1) is 0 Å². The largest absolute Gasteiger partial charge is 0.342 e. The highest BCUT2D eigenvalue weighted by molar-refractivity contribution is 5.77. The molecule has 3 aromatic rings. The Hall–Kier alpha value is -2.30. The number of nitrogens with one attached hydrogen (secondary N) is 1. The minimum atomic E-state index is 0.553. The number of imidazole rings is 1. The number of aryl methyl sites for hydroxylation is 1. The van der Waals surface area contributed by atoms with E-state index >= 15 is 0 Å². The summed E-state index contributed by atoms with van der Waals surface area (Å²) in [6.07, 6.45) is 5.25. The lowest BCUT2D eigenvalue weighted by Gasteiger charge is -2.14. The monoisotopic (exact) mass is 267 g/mol. The van der Waals surface area contributed by atoms with Gasteiger partial charge in [-0.2, -0.15) is 5.10 Å². The maximum atomic E-state index is 4.68. The highest BCUT2D eigenvalue weighted by Gasteiger charge is 2.26. The lowest BCUT2D eigenvalue weighted by Crippen LogP contribution is -2.20. The predicted molar refractivity (Wildman–Crippen MR) is 78.9 cm³/mol. The number of fused-ring (bicyclic) bond motifs is 1. The zero-order valence-electron chi connectivity index (χ0n) is 11.5. The van der Waals surface area contributed by atoms with Gasteiger partial charge in [0, 0.05) is 32.3 Å². The summed E-state index contributed by atoms with van der Waals surface area (Å²) in [4.78, 5) is 10.4. The molecule has 1 saturated heterocycles. The number of anilines is 1. The van der Waals surface area contributed by atoms with Crippen molar-refractivity contribution in [1.29, 1.82) is 0 Å². The van der Waals surface area contributed by atoms with E-state index in [1.165, 1.54) is 5.56 Å². The van der Waals surface area contributed by atoms with Crippen LogP contribution in [0.25, 0.3) is 11.0 Å². The van der Waals surface area contributed by atoms with E-state index in [2.05, 4.69) is 32.2 Å². The minimum absolute atomic E-state index is 0.553. The number of hydrogen-bond donors (Lipinski definition) is 1. The fourth-order valence-electron chi connectivity index (χ4n) is 2.96. The Kier molecular flexibility index (Phi) is 2.52. The Labute approximate surface area is 117 Å². The summed E-state index contributed by atoms with van der Waals surface area (Å²) >= 11 is 0. The van der Waals surface area contributed by atoms with E-state index in [-0.39, 0.29) is 0 Å². The smallest absolute Gasteiger partial charge is 0.203 e. The minimum Gasteiger partial charge on any atom is -0.342 e. The quantitative estimate of drug-likeness (QED) is 0.775. The van der Waals surface area contributed by atoms with E-state index in [0.717, 1.165) is 36.5 Å². The maximum absolute atomic E-state index is 4.68. The number of hydrogen-bond acceptors (Lipinski definition) is 3. The van der Waals surface area contributed by atoms with Crippen molar-refractivity contribution in [2.45, 2.75) is 12.3 Å². The molecule has 1 fully saturated rings. The van der Waals surface area contributed by atoms with Gasteiger partial charge in [-0.25, -0.2) is 4.98 Å².